The Balaban J connectivity index is 0.000000218. The Morgan fingerprint density at radius 2 is 0.722 bits per heavy atom. The van der Waals surface area contributed by atoms with Crippen molar-refractivity contribution in [1.29, 1.82) is 0 Å². The largest absolute Gasteiger partial charge is 2.00 e. The van der Waals surface area contributed by atoms with E-state index in [1.54, 1.807) is 24.3 Å². The van der Waals surface area contributed by atoms with Crippen LogP contribution in [0.15, 0.2) is 291 Å². The van der Waals surface area contributed by atoms with Crippen molar-refractivity contribution in [3.05, 3.63) is 352 Å². The molecule has 0 atom stereocenters. The van der Waals surface area contributed by atoms with E-state index in [1.807, 2.05) is 54.6 Å². The van der Waals surface area contributed by atoms with Gasteiger partial charge in [0, 0.05) is 23.0 Å². The van der Waals surface area contributed by atoms with E-state index in [0.717, 1.165) is 38.9 Å². The van der Waals surface area contributed by atoms with Crippen LogP contribution in [-0.2, 0) is 16.5 Å². The van der Waals surface area contributed by atoms with Gasteiger partial charge in [-0.2, -0.15) is 36.4 Å². The monoisotopic (exact) mass is 992 g/mol. The third-order valence-corrected chi connectivity index (χ3v) is 15.2. The van der Waals surface area contributed by atoms with Gasteiger partial charge in [0.2, 0.25) is 0 Å². The standard InChI is InChI=1S/C43H33NO2.C18H15P.C6H5.Ni/c1-29-26-36(40(30-16-6-2-7-17-30)31-18-8-3-9-19-31)42(44-38-28-39(45)34-24-14-15-25-35(34)43(38)46)37(27-29)41(32-20-10-4-11-21-32)33-22-12-5-13-23-33;1-4-10-16(11-5-1)19(17-12-6-2-7-13-17)18-14-8-3-9-15-18;1-2-4-6-5-3-1;/h2-28,40-41H,1H3,(H,44,45);1-15H;1-5H;/q;;-1;+2. The second-order valence-electron chi connectivity index (χ2n) is 17.2. The van der Waals surface area contributed by atoms with Crippen LogP contribution in [0, 0.1) is 13.0 Å². The molecule has 0 aliphatic heterocycles. The number of carbonyl (C=O) groups excluding carboxylic acids is 2. The number of benzene rings is 10. The summed E-state index contributed by atoms with van der Waals surface area (Å²) in [5.74, 6) is -0.808. The van der Waals surface area contributed by atoms with E-state index in [2.05, 4.69) is 213 Å². The van der Waals surface area contributed by atoms with Crippen LogP contribution in [0.4, 0.5) is 5.69 Å². The Kier molecular flexibility index (Phi) is 17.7. The van der Waals surface area contributed by atoms with Gasteiger partial charge in [-0.25, -0.2) is 0 Å². The second-order valence-corrected chi connectivity index (χ2v) is 19.7. The predicted molar refractivity (Wildman–Crippen MR) is 297 cm³/mol. The third kappa shape index (κ3) is 12.3. The first-order valence-corrected chi connectivity index (χ1v) is 25.4. The Hall–Kier alpha value is -8.00. The van der Waals surface area contributed by atoms with Crippen molar-refractivity contribution in [3.63, 3.8) is 0 Å². The Morgan fingerprint density at radius 1 is 0.403 bits per heavy atom. The summed E-state index contributed by atoms with van der Waals surface area (Å²) in [6.07, 6.45) is 1.40. The molecule has 0 aromatic heterocycles. The minimum Gasteiger partial charge on any atom is -0.654 e. The summed E-state index contributed by atoms with van der Waals surface area (Å²) in [5.41, 5.74) is 9.14. The summed E-state index contributed by atoms with van der Waals surface area (Å²) >= 11 is 0. The maximum absolute atomic E-state index is 14.0. The molecule has 0 heterocycles. The minimum absolute atomic E-state index is 0. The second kappa shape index (κ2) is 25.2. The summed E-state index contributed by atoms with van der Waals surface area (Å²) in [6.45, 7) is 2.11. The molecule has 0 spiro atoms. The summed E-state index contributed by atoms with van der Waals surface area (Å²) in [5, 5.41) is 9.53. The van der Waals surface area contributed by atoms with Gasteiger partial charge in [0.25, 0.3) is 0 Å². The van der Waals surface area contributed by atoms with E-state index in [0.29, 0.717) is 16.8 Å². The molecule has 1 aliphatic rings. The van der Waals surface area contributed by atoms with E-state index in [9.17, 15) is 9.59 Å². The molecule has 0 saturated carbocycles. The molecule has 72 heavy (non-hydrogen) atoms. The molecule has 0 bridgehead atoms. The van der Waals surface area contributed by atoms with Gasteiger partial charge in [-0.15, -0.1) is 5.69 Å². The molecule has 10 aromatic rings. The first-order valence-electron chi connectivity index (χ1n) is 23.9. The Morgan fingerprint density at radius 3 is 1.06 bits per heavy atom. The van der Waals surface area contributed by atoms with Gasteiger partial charge in [-0.3, -0.25) is 9.59 Å². The van der Waals surface area contributed by atoms with Crippen LogP contribution < -0.4 is 15.9 Å². The number of Topliss-reactive ketones (excluding diaryl/α,β-unsaturated/α-hetero) is 1. The van der Waals surface area contributed by atoms with Gasteiger partial charge in [0.1, 0.15) is 15.9 Å². The van der Waals surface area contributed by atoms with Crippen LogP contribution in [0.5, 0.6) is 0 Å². The third-order valence-electron chi connectivity index (χ3n) is 12.4. The smallest absolute Gasteiger partial charge is 0.654 e. The molecule has 352 valence electrons. The number of rotatable bonds is 11. The molecule has 1 aliphatic carbocycles. The van der Waals surface area contributed by atoms with E-state index < -0.39 is 7.92 Å². The van der Waals surface area contributed by atoms with Gasteiger partial charge in [0.15, 0.2) is 11.6 Å². The summed E-state index contributed by atoms with van der Waals surface area (Å²) in [6, 6.07) is 98.0. The van der Waals surface area contributed by atoms with E-state index in [1.165, 1.54) is 22.0 Å². The minimum atomic E-state index is -0.877. The topological polar surface area (TPSA) is 48.2 Å². The number of hydrogen-bond acceptors (Lipinski definition) is 2. The zero-order chi connectivity index (χ0) is 48.6. The van der Waals surface area contributed by atoms with Crippen molar-refractivity contribution in [2.24, 2.45) is 0 Å². The number of carbonyl (C=O) groups is 2. The molecular formula is C67H53NNiO2P+. The molecule has 0 N–H and O–H groups in total. The number of aryl methyl sites for hydroxylation is 1. The van der Waals surface area contributed by atoms with Gasteiger partial charge < -0.3 is 5.32 Å². The normalized spacial score (nSPS) is 11.5. The maximum atomic E-state index is 14.0. The van der Waals surface area contributed by atoms with Crippen molar-refractivity contribution in [3.8, 4) is 0 Å². The van der Waals surface area contributed by atoms with Crippen LogP contribution in [0.25, 0.3) is 5.32 Å². The fraction of sp³-hybridized carbons (Fsp3) is 0.0448. The molecule has 10 aromatic carbocycles. The van der Waals surface area contributed by atoms with Crippen molar-refractivity contribution in [2.45, 2.75) is 18.8 Å². The fourth-order valence-electron chi connectivity index (χ4n) is 9.25. The molecule has 0 saturated heterocycles. The molecule has 0 fully saturated rings. The van der Waals surface area contributed by atoms with Gasteiger partial charge in [-0.05, 0) is 71.7 Å². The average Bonchev–Trinajstić information content (AvgIpc) is 3.44. The van der Waals surface area contributed by atoms with E-state index in [-0.39, 0.29) is 45.6 Å². The van der Waals surface area contributed by atoms with Crippen molar-refractivity contribution >= 4 is 41.1 Å². The SMILES string of the molecule is Cc1cc(C(c2ccccc2)c2ccccc2)c([N-]C2=CC(=O)c3ccccc3C2=O)c(C(c2ccccc2)c2ccccc2)c1.[Ni+2].[c-]1ccccc1.c1ccc([PH+](c2ccccc2)c2ccccc2)cc1. The maximum Gasteiger partial charge on any atom is 2.00 e. The van der Waals surface area contributed by atoms with Crippen LogP contribution in [0.1, 0.15) is 71.5 Å². The number of fused-ring (bicyclic) bond motifs is 1. The van der Waals surface area contributed by atoms with Crippen molar-refractivity contribution in [1.82, 2.24) is 0 Å². The van der Waals surface area contributed by atoms with Gasteiger partial charge >= 0.3 is 16.5 Å². The van der Waals surface area contributed by atoms with E-state index >= 15 is 0 Å². The molecule has 0 unspecified atom stereocenters. The zero-order valence-electron chi connectivity index (χ0n) is 39.9. The van der Waals surface area contributed by atoms with Gasteiger partial charge in [0.05, 0.1) is 7.92 Å². The predicted octanol–water partition coefficient (Wildman–Crippen LogP) is 15.0. The Bertz CT molecular complexity index is 3000. The quantitative estimate of drug-likeness (QED) is 0.0561. The number of ketones is 2. The first-order chi connectivity index (χ1) is 35.0. The van der Waals surface area contributed by atoms with Gasteiger partial charge in [-0.1, -0.05) is 235 Å². The molecule has 0 amide bonds. The number of allylic oxidation sites excluding steroid dienone is 2. The zero-order valence-corrected chi connectivity index (χ0v) is 41.9. The molecule has 11 rings (SSSR count). The average molecular weight is 994 g/mol. The number of hydrogen-bond donors (Lipinski definition) is 0. The number of nitrogens with zero attached hydrogens (tertiary/aromatic N) is 1. The first kappa shape index (κ1) is 50.4. The molecule has 3 nitrogen and oxygen atoms in total. The molecule has 5 heteroatoms. The van der Waals surface area contributed by atoms with Crippen molar-refractivity contribution < 1.29 is 26.1 Å². The van der Waals surface area contributed by atoms with Crippen LogP contribution in [-0.4, -0.2) is 11.6 Å². The van der Waals surface area contributed by atoms with Crippen LogP contribution in [0.2, 0.25) is 0 Å². The summed E-state index contributed by atoms with van der Waals surface area (Å²) in [7, 11) is -0.877. The summed E-state index contributed by atoms with van der Waals surface area (Å²) < 4.78 is 0. The van der Waals surface area contributed by atoms with E-state index in [4.69, 9.17) is 5.32 Å². The van der Waals surface area contributed by atoms with Crippen LogP contribution >= 0.6 is 7.92 Å². The summed E-state index contributed by atoms with van der Waals surface area (Å²) in [4.78, 5) is 27.3. The van der Waals surface area contributed by atoms with Crippen molar-refractivity contribution in [2.75, 3.05) is 0 Å². The van der Waals surface area contributed by atoms with Crippen LogP contribution in [0.3, 0.4) is 0 Å². The molecule has 0 radical (unpaired) electrons. The molecular weight excluding hydrogens is 940 g/mol. The Labute approximate surface area is 435 Å². The fourth-order valence-corrected chi connectivity index (χ4v) is 11.8.